The molecule has 156 valence electrons. The third-order valence-corrected chi connectivity index (χ3v) is 5.84. The van der Waals surface area contributed by atoms with Crippen LogP contribution in [0.3, 0.4) is 0 Å². The Morgan fingerprint density at radius 3 is 2.45 bits per heavy atom. The number of hydrogen-bond donors (Lipinski definition) is 1. The lowest BCUT2D eigenvalue weighted by Gasteiger charge is -2.26. The van der Waals surface area contributed by atoms with Crippen LogP contribution in [0.15, 0.2) is 84.9 Å². The van der Waals surface area contributed by atoms with Crippen LogP contribution >= 0.6 is 0 Å². The first-order chi connectivity index (χ1) is 15.3. The summed E-state index contributed by atoms with van der Waals surface area (Å²) in [6.45, 7) is 3.94. The molecule has 0 amide bonds. The third kappa shape index (κ3) is 4.70. The second kappa shape index (κ2) is 9.19. The standard InChI is InChI=1S/C27H27N3O/c1-2-7-21(8-3-1)22-15-18-30(19-16-22)17-6-20-31-24-13-11-23(12-14-24)27-28-25-9-4-5-10-26(25)29-27/h1-5,7-15H,6,16-20H2,(H,28,29). The Bertz CT molecular complexity index is 1130. The smallest absolute Gasteiger partial charge is 0.138 e. The van der Waals surface area contributed by atoms with E-state index in [-0.39, 0.29) is 0 Å². The fourth-order valence-corrected chi connectivity index (χ4v) is 4.11. The average molecular weight is 410 g/mol. The second-order valence-electron chi connectivity index (χ2n) is 7.97. The Morgan fingerprint density at radius 1 is 0.871 bits per heavy atom. The molecule has 0 bridgehead atoms. The van der Waals surface area contributed by atoms with Crippen molar-refractivity contribution in [1.82, 2.24) is 14.9 Å². The van der Waals surface area contributed by atoms with Gasteiger partial charge in [-0.25, -0.2) is 4.98 Å². The van der Waals surface area contributed by atoms with E-state index in [2.05, 4.69) is 63.4 Å². The molecule has 4 heteroatoms. The second-order valence-corrected chi connectivity index (χ2v) is 7.97. The maximum Gasteiger partial charge on any atom is 0.138 e. The molecule has 0 spiro atoms. The number of aromatic amines is 1. The number of para-hydroxylation sites is 2. The number of hydrogen-bond acceptors (Lipinski definition) is 3. The summed E-state index contributed by atoms with van der Waals surface area (Å²) in [6, 6.07) is 27.0. The van der Waals surface area contributed by atoms with Crippen LogP contribution in [0.2, 0.25) is 0 Å². The molecular weight excluding hydrogens is 382 g/mol. The van der Waals surface area contributed by atoms with Gasteiger partial charge in [-0.2, -0.15) is 0 Å². The number of ether oxygens (including phenoxy) is 1. The molecule has 3 aromatic carbocycles. The topological polar surface area (TPSA) is 41.1 Å². The number of fused-ring (bicyclic) bond motifs is 1. The van der Waals surface area contributed by atoms with E-state index in [1.807, 2.05) is 36.4 Å². The van der Waals surface area contributed by atoms with Gasteiger partial charge in [0.15, 0.2) is 0 Å². The Labute approximate surface area is 183 Å². The summed E-state index contributed by atoms with van der Waals surface area (Å²) in [4.78, 5) is 10.5. The van der Waals surface area contributed by atoms with Crippen LogP contribution in [-0.2, 0) is 0 Å². The molecule has 31 heavy (non-hydrogen) atoms. The van der Waals surface area contributed by atoms with Crippen molar-refractivity contribution in [2.24, 2.45) is 0 Å². The van der Waals surface area contributed by atoms with Gasteiger partial charge in [-0.3, -0.25) is 4.90 Å². The molecule has 1 N–H and O–H groups in total. The van der Waals surface area contributed by atoms with Crippen LogP contribution in [0, 0.1) is 0 Å². The summed E-state index contributed by atoms with van der Waals surface area (Å²) in [5, 5.41) is 0. The van der Waals surface area contributed by atoms with Crippen molar-refractivity contribution >= 4 is 16.6 Å². The highest BCUT2D eigenvalue weighted by molar-refractivity contribution is 5.79. The van der Waals surface area contributed by atoms with E-state index in [0.29, 0.717) is 0 Å². The number of rotatable bonds is 7. The summed E-state index contributed by atoms with van der Waals surface area (Å²) in [7, 11) is 0. The van der Waals surface area contributed by atoms with Crippen LogP contribution in [0.5, 0.6) is 5.75 Å². The van der Waals surface area contributed by atoms with Gasteiger partial charge >= 0.3 is 0 Å². The van der Waals surface area contributed by atoms with Crippen molar-refractivity contribution < 1.29 is 4.74 Å². The molecule has 5 rings (SSSR count). The van der Waals surface area contributed by atoms with E-state index in [9.17, 15) is 0 Å². The van der Waals surface area contributed by atoms with Gasteiger partial charge in [0.1, 0.15) is 11.6 Å². The lowest BCUT2D eigenvalue weighted by Crippen LogP contribution is -2.30. The minimum Gasteiger partial charge on any atom is -0.494 e. The molecule has 1 aliphatic heterocycles. The lowest BCUT2D eigenvalue weighted by atomic mass is 9.99. The quantitative estimate of drug-likeness (QED) is 0.393. The molecular formula is C27H27N3O. The predicted octanol–water partition coefficient (Wildman–Crippen LogP) is 5.79. The Morgan fingerprint density at radius 2 is 1.68 bits per heavy atom. The first-order valence-corrected chi connectivity index (χ1v) is 11.0. The third-order valence-electron chi connectivity index (χ3n) is 5.84. The average Bonchev–Trinajstić information content (AvgIpc) is 3.28. The molecule has 0 unspecified atom stereocenters. The molecule has 0 aliphatic carbocycles. The van der Waals surface area contributed by atoms with Gasteiger partial charge < -0.3 is 9.72 Å². The molecule has 0 fully saturated rings. The number of benzene rings is 3. The fraction of sp³-hybridized carbons (Fsp3) is 0.222. The van der Waals surface area contributed by atoms with Gasteiger partial charge in [-0.15, -0.1) is 0 Å². The van der Waals surface area contributed by atoms with Crippen LogP contribution in [0.4, 0.5) is 0 Å². The molecule has 0 radical (unpaired) electrons. The van der Waals surface area contributed by atoms with Gasteiger partial charge in [-0.1, -0.05) is 48.5 Å². The fourth-order valence-electron chi connectivity index (χ4n) is 4.11. The highest BCUT2D eigenvalue weighted by atomic mass is 16.5. The zero-order chi connectivity index (χ0) is 20.9. The number of imidazole rings is 1. The molecule has 0 saturated heterocycles. The van der Waals surface area contributed by atoms with Crippen LogP contribution in [0.1, 0.15) is 18.4 Å². The monoisotopic (exact) mass is 409 g/mol. The van der Waals surface area contributed by atoms with Crippen LogP contribution < -0.4 is 4.74 Å². The SMILES string of the molecule is C1=C(c2ccccc2)CCN(CCCOc2ccc(-c3nc4ccccc4[nH]3)cc2)C1. The Hall–Kier alpha value is -3.37. The molecule has 4 aromatic rings. The van der Waals surface area contributed by atoms with Crippen LogP contribution in [0.25, 0.3) is 28.0 Å². The summed E-state index contributed by atoms with van der Waals surface area (Å²) in [5.41, 5.74) is 5.94. The summed E-state index contributed by atoms with van der Waals surface area (Å²) < 4.78 is 5.96. The van der Waals surface area contributed by atoms with Gasteiger partial charge in [0.25, 0.3) is 0 Å². The molecule has 1 aliphatic rings. The number of nitrogens with one attached hydrogen (secondary N) is 1. The zero-order valence-corrected chi connectivity index (χ0v) is 17.6. The van der Waals surface area contributed by atoms with Gasteiger partial charge in [0, 0.05) is 25.2 Å². The molecule has 0 saturated carbocycles. The van der Waals surface area contributed by atoms with Crippen LogP contribution in [-0.4, -0.2) is 41.1 Å². The van der Waals surface area contributed by atoms with E-state index in [1.54, 1.807) is 0 Å². The van der Waals surface area contributed by atoms with Crippen molar-refractivity contribution in [2.75, 3.05) is 26.2 Å². The Kier molecular flexibility index (Phi) is 5.81. The highest BCUT2D eigenvalue weighted by Crippen LogP contribution is 2.24. The van der Waals surface area contributed by atoms with E-state index in [0.717, 1.165) is 67.3 Å². The van der Waals surface area contributed by atoms with Gasteiger partial charge in [0.2, 0.25) is 0 Å². The van der Waals surface area contributed by atoms with Crippen molar-refractivity contribution in [2.45, 2.75) is 12.8 Å². The van der Waals surface area contributed by atoms with E-state index >= 15 is 0 Å². The number of nitrogens with zero attached hydrogens (tertiary/aromatic N) is 2. The van der Waals surface area contributed by atoms with E-state index in [4.69, 9.17) is 4.74 Å². The maximum absolute atomic E-state index is 5.96. The maximum atomic E-state index is 5.96. The Balaban J connectivity index is 1.09. The van der Waals surface area contributed by atoms with E-state index in [1.165, 1.54) is 11.1 Å². The number of aromatic nitrogens is 2. The summed E-state index contributed by atoms with van der Waals surface area (Å²) >= 11 is 0. The van der Waals surface area contributed by atoms with Crippen molar-refractivity contribution in [3.05, 3.63) is 90.5 Å². The summed E-state index contributed by atoms with van der Waals surface area (Å²) in [6.07, 6.45) is 4.52. The number of H-pyrrole nitrogens is 1. The molecule has 0 atom stereocenters. The largest absolute Gasteiger partial charge is 0.494 e. The minimum atomic E-state index is 0.732. The van der Waals surface area contributed by atoms with Crippen molar-refractivity contribution in [1.29, 1.82) is 0 Å². The summed E-state index contributed by atoms with van der Waals surface area (Å²) in [5.74, 6) is 1.80. The lowest BCUT2D eigenvalue weighted by molar-refractivity contribution is 0.248. The normalized spacial score (nSPS) is 14.5. The van der Waals surface area contributed by atoms with Gasteiger partial charge in [0.05, 0.1) is 17.6 Å². The van der Waals surface area contributed by atoms with Gasteiger partial charge in [-0.05, 0) is 60.4 Å². The first-order valence-electron chi connectivity index (χ1n) is 11.0. The predicted molar refractivity (Wildman–Crippen MR) is 127 cm³/mol. The molecule has 1 aromatic heterocycles. The van der Waals surface area contributed by atoms with Crippen molar-refractivity contribution in [3.8, 4) is 17.1 Å². The zero-order valence-electron chi connectivity index (χ0n) is 17.6. The first kappa shape index (κ1) is 19.6. The van der Waals surface area contributed by atoms with E-state index < -0.39 is 0 Å². The minimum absolute atomic E-state index is 0.732. The highest BCUT2D eigenvalue weighted by Gasteiger charge is 2.12. The van der Waals surface area contributed by atoms with Crippen molar-refractivity contribution in [3.63, 3.8) is 0 Å². The molecule has 2 heterocycles. The molecule has 4 nitrogen and oxygen atoms in total.